The second-order valence-electron chi connectivity index (χ2n) is 7.50. The van der Waals surface area contributed by atoms with Crippen molar-refractivity contribution in [3.63, 3.8) is 0 Å². The summed E-state index contributed by atoms with van der Waals surface area (Å²) in [4.78, 5) is 21.2. The Kier molecular flexibility index (Phi) is 5.85. The minimum Gasteiger partial charge on any atom is -0.386 e. The van der Waals surface area contributed by atoms with Gasteiger partial charge in [-0.1, -0.05) is 18.2 Å². The average molecular weight is 375 g/mol. The number of amides is 1. The summed E-state index contributed by atoms with van der Waals surface area (Å²) in [5.41, 5.74) is 3.01. The third-order valence-electron chi connectivity index (χ3n) is 4.52. The van der Waals surface area contributed by atoms with Gasteiger partial charge in [0.1, 0.15) is 0 Å². The Morgan fingerprint density at radius 3 is 2.64 bits per heavy atom. The zero-order chi connectivity index (χ0) is 20.1. The molecule has 144 valence electrons. The number of rotatable bonds is 6. The van der Waals surface area contributed by atoms with Crippen molar-refractivity contribution in [1.29, 1.82) is 0 Å². The molecule has 3 aromatic rings. The number of carbonyl (C=O) groups is 1. The molecule has 0 spiro atoms. The van der Waals surface area contributed by atoms with Gasteiger partial charge in [0.25, 0.3) is 5.91 Å². The largest absolute Gasteiger partial charge is 0.386 e. The smallest absolute Gasteiger partial charge is 0.251 e. The number of nitrogens with zero attached hydrogens (tertiary/aromatic N) is 2. The fraction of sp³-hybridized carbons (Fsp3) is 0.261. The van der Waals surface area contributed by atoms with Crippen molar-refractivity contribution in [1.82, 2.24) is 15.3 Å². The molecule has 3 rings (SSSR count). The fourth-order valence-corrected chi connectivity index (χ4v) is 2.96. The fourth-order valence-electron chi connectivity index (χ4n) is 2.96. The molecule has 0 aliphatic carbocycles. The van der Waals surface area contributed by atoms with E-state index in [1.165, 1.54) is 0 Å². The van der Waals surface area contributed by atoms with E-state index in [4.69, 9.17) is 0 Å². The second-order valence-corrected chi connectivity index (χ2v) is 7.50. The van der Waals surface area contributed by atoms with Crippen molar-refractivity contribution in [3.05, 3.63) is 83.9 Å². The highest BCUT2D eigenvalue weighted by Gasteiger charge is 2.17. The number of aromatic nitrogens is 2. The Morgan fingerprint density at radius 2 is 1.93 bits per heavy atom. The van der Waals surface area contributed by atoms with Gasteiger partial charge in [0.15, 0.2) is 0 Å². The van der Waals surface area contributed by atoms with E-state index in [0.717, 1.165) is 22.4 Å². The molecule has 1 aromatic carbocycles. The summed E-state index contributed by atoms with van der Waals surface area (Å²) in [6.07, 6.45) is 5.81. The monoisotopic (exact) mass is 375 g/mol. The highest BCUT2D eigenvalue weighted by Crippen LogP contribution is 2.25. The molecule has 0 fully saturated rings. The van der Waals surface area contributed by atoms with Crippen molar-refractivity contribution in [2.45, 2.75) is 38.8 Å². The molecule has 0 bridgehead atoms. The Bertz CT molecular complexity index is 949. The molecule has 0 saturated heterocycles. The summed E-state index contributed by atoms with van der Waals surface area (Å²) in [6, 6.07) is 15.0. The molecule has 0 radical (unpaired) electrons. The van der Waals surface area contributed by atoms with Crippen LogP contribution < -0.4 is 5.32 Å². The molecule has 28 heavy (non-hydrogen) atoms. The molecule has 0 aliphatic heterocycles. The molecule has 2 aromatic heterocycles. The number of hydrogen-bond donors (Lipinski definition) is 2. The Hall–Kier alpha value is -3.05. The lowest BCUT2D eigenvalue weighted by Crippen LogP contribution is -2.34. The molecule has 5 nitrogen and oxygen atoms in total. The van der Waals surface area contributed by atoms with E-state index in [2.05, 4.69) is 15.3 Å². The summed E-state index contributed by atoms with van der Waals surface area (Å²) in [5.74, 6) is -0.128. The maximum atomic E-state index is 12.7. The predicted molar refractivity (Wildman–Crippen MR) is 110 cm³/mol. The first-order valence-electron chi connectivity index (χ1n) is 9.32. The molecule has 1 unspecified atom stereocenters. The first-order valence-corrected chi connectivity index (χ1v) is 9.32. The molecule has 1 atom stereocenters. The van der Waals surface area contributed by atoms with Crippen molar-refractivity contribution >= 4 is 5.91 Å². The van der Waals surface area contributed by atoms with Crippen LogP contribution in [0.15, 0.2) is 67.1 Å². The summed E-state index contributed by atoms with van der Waals surface area (Å²) in [7, 11) is 0. The molecule has 5 heteroatoms. The van der Waals surface area contributed by atoms with Crippen LogP contribution in [0.25, 0.3) is 11.1 Å². The quantitative estimate of drug-likeness (QED) is 0.688. The Balaban J connectivity index is 1.75. The molecule has 0 saturated carbocycles. The number of nitrogens with one attached hydrogen (secondary N) is 1. The normalized spacial score (nSPS) is 12.4. The van der Waals surface area contributed by atoms with Crippen LogP contribution in [0.4, 0.5) is 0 Å². The molecule has 1 amide bonds. The zero-order valence-corrected chi connectivity index (χ0v) is 16.4. The first-order chi connectivity index (χ1) is 13.3. The third-order valence-corrected chi connectivity index (χ3v) is 4.52. The lowest BCUT2D eigenvalue weighted by Gasteiger charge is -2.18. The van der Waals surface area contributed by atoms with Crippen LogP contribution in [0.3, 0.4) is 0 Å². The number of carbonyl (C=O) groups excluding carboxylic acids is 1. The van der Waals surface area contributed by atoms with Crippen LogP contribution in [-0.2, 0) is 12.0 Å². The van der Waals surface area contributed by atoms with Gasteiger partial charge in [0.2, 0.25) is 0 Å². The summed E-state index contributed by atoms with van der Waals surface area (Å²) in [5, 5.41) is 13.2. The van der Waals surface area contributed by atoms with E-state index in [1.54, 1.807) is 38.5 Å². The lowest BCUT2D eigenvalue weighted by atomic mass is 9.96. The van der Waals surface area contributed by atoms with Crippen LogP contribution in [0.5, 0.6) is 0 Å². The summed E-state index contributed by atoms with van der Waals surface area (Å²) < 4.78 is 0. The second kappa shape index (κ2) is 8.31. The first kappa shape index (κ1) is 19.7. The Morgan fingerprint density at radius 1 is 1.11 bits per heavy atom. The van der Waals surface area contributed by atoms with Gasteiger partial charge in [-0.25, -0.2) is 0 Å². The maximum absolute atomic E-state index is 12.7. The van der Waals surface area contributed by atoms with E-state index in [0.29, 0.717) is 12.0 Å². The average Bonchev–Trinajstić information content (AvgIpc) is 2.68. The van der Waals surface area contributed by atoms with Gasteiger partial charge in [-0.15, -0.1) is 0 Å². The number of pyridine rings is 2. The van der Waals surface area contributed by atoms with E-state index in [-0.39, 0.29) is 11.9 Å². The highest BCUT2D eigenvalue weighted by atomic mass is 16.3. The van der Waals surface area contributed by atoms with Crippen molar-refractivity contribution < 1.29 is 9.90 Å². The third kappa shape index (κ3) is 5.02. The van der Waals surface area contributed by atoms with Gasteiger partial charge in [-0.3, -0.25) is 14.8 Å². The molecule has 2 heterocycles. The SMILES string of the molecule is CC(Cc1ccccn1)NC(=O)c1cccc(-c2cncc(C(C)(C)O)c2)c1. The van der Waals surface area contributed by atoms with Crippen LogP contribution in [0, 0.1) is 0 Å². The van der Waals surface area contributed by atoms with Gasteiger partial charge >= 0.3 is 0 Å². The zero-order valence-electron chi connectivity index (χ0n) is 16.4. The minimum absolute atomic E-state index is 0.0359. The van der Waals surface area contributed by atoms with E-state index >= 15 is 0 Å². The van der Waals surface area contributed by atoms with Gasteiger partial charge in [-0.2, -0.15) is 0 Å². The summed E-state index contributed by atoms with van der Waals surface area (Å²) in [6.45, 7) is 5.41. The van der Waals surface area contributed by atoms with Gasteiger partial charge in [-0.05, 0) is 56.7 Å². The predicted octanol–water partition coefficient (Wildman–Crippen LogP) is 3.73. The standard InChI is InChI=1S/C23H25N3O2/c1-16(11-21-9-4-5-10-25-21)26-22(27)18-8-6-7-17(12-18)19-13-20(15-24-14-19)23(2,3)28/h4-10,12-16,28H,11H2,1-3H3,(H,26,27). The number of hydrogen-bond acceptors (Lipinski definition) is 4. The Labute approximate surface area is 165 Å². The molecule has 2 N–H and O–H groups in total. The van der Waals surface area contributed by atoms with Crippen LogP contribution in [0.1, 0.15) is 42.4 Å². The van der Waals surface area contributed by atoms with Gasteiger partial charge in [0, 0.05) is 53.4 Å². The van der Waals surface area contributed by atoms with Crippen LogP contribution >= 0.6 is 0 Å². The van der Waals surface area contributed by atoms with Gasteiger partial charge < -0.3 is 10.4 Å². The minimum atomic E-state index is -0.973. The van der Waals surface area contributed by atoms with Crippen molar-refractivity contribution in [3.8, 4) is 11.1 Å². The van der Waals surface area contributed by atoms with Gasteiger partial charge in [0.05, 0.1) is 5.60 Å². The van der Waals surface area contributed by atoms with E-state index in [1.807, 2.05) is 49.4 Å². The lowest BCUT2D eigenvalue weighted by molar-refractivity contribution is 0.0782. The summed E-state index contributed by atoms with van der Waals surface area (Å²) >= 11 is 0. The maximum Gasteiger partial charge on any atom is 0.251 e. The number of benzene rings is 1. The van der Waals surface area contributed by atoms with Crippen LogP contribution in [-0.4, -0.2) is 27.0 Å². The van der Waals surface area contributed by atoms with Crippen molar-refractivity contribution in [2.75, 3.05) is 0 Å². The van der Waals surface area contributed by atoms with E-state index < -0.39 is 5.60 Å². The number of aliphatic hydroxyl groups is 1. The van der Waals surface area contributed by atoms with E-state index in [9.17, 15) is 9.90 Å². The molecular weight excluding hydrogens is 350 g/mol. The van der Waals surface area contributed by atoms with Crippen molar-refractivity contribution in [2.24, 2.45) is 0 Å². The molecular formula is C23H25N3O2. The highest BCUT2D eigenvalue weighted by molar-refractivity contribution is 5.95. The topological polar surface area (TPSA) is 75.1 Å². The molecule has 0 aliphatic rings. The van der Waals surface area contributed by atoms with Crippen LogP contribution in [0.2, 0.25) is 0 Å².